The number of nitrogens with one attached hydrogen (secondary N) is 2. The molecule has 0 spiro atoms. The minimum atomic E-state index is -0.165. The van der Waals surface area contributed by atoms with Crippen LogP contribution in [0, 0.1) is 0 Å². The van der Waals surface area contributed by atoms with Gasteiger partial charge in [-0.1, -0.05) is 12.8 Å². The van der Waals surface area contributed by atoms with E-state index in [0.717, 1.165) is 29.1 Å². The summed E-state index contributed by atoms with van der Waals surface area (Å²) < 4.78 is 5.17. The van der Waals surface area contributed by atoms with E-state index >= 15 is 0 Å². The van der Waals surface area contributed by atoms with Crippen LogP contribution < -0.4 is 15.0 Å². The lowest BCUT2D eigenvalue weighted by Crippen LogP contribution is -3.07. The number of carbonyl (C=O) groups is 1. The highest BCUT2D eigenvalue weighted by Crippen LogP contribution is 2.20. The first-order chi connectivity index (χ1) is 9.61. The number of methoxy groups -OCH3 is 1. The summed E-state index contributed by atoms with van der Waals surface area (Å²) in [6, 6.07) is 7.97. The lowest BCUT2D eigenvalue weighted by atomic mass is 10.0. The maximum absolute atomic E-state index is 12.5. The summed E-state index contributed by atoms with van der Waals surface area (Å²) in [4.78, 5) is 13.6. The van der Waals surface area contributed by atoms with Crippen molar-refractivity contribution < 1.29 is 14.4 Å². The molecule has 1 atom stereocenters. The third kappa shape index (κ3) is 3.51. The number of benzene rings is 1. The Morgan fingerprint density at radius 2 is 1.85 bits per heavy atom. The first-order valence-electron chi connectivity index (χ1n) is 7.36. The zero-order valence-electron chi connectivity index (χ0n) is 12.6. The molecule has 0 heterocycles. The standard InChI is InChI=1S/C16H24N2O2/c1-18(2)15(12-8-10-14(20-3)11-9-12)16(19)17-13-6-4-5-7-13/h8-11,13,15H,4-7H2,1-3H3,(H,17,19)/p+1. The topological polar surface area (TPSA) is 42.8 Å². The van der Waals surface area contributed by atoms with E-state index < -0.39 is 0 Å². The Kier molecular flexibility index (Phi) is 5.01. The summed E-state index contributed by atoms with van der Waals surface area (Å²) in [5, 5.41) is 3.20. The second-order valence-corrected chi connectivity index (χ2v) is 5.77. The molecule has 1 fully saturated rings. The molecule has 1 aliphatic carbocycles. The summed E-state index contributed by atoms with van der Waals surface area (Å²) in [5.74, 6) is 0.944. The molecule has 0 aromatic heterocycles. The van der Waals surface area contributed by atoms with Gasteiger partial charge in [0.15, 0.2) is 6.04 Å². The Bertz CT molecular complexity index is 436. The van der Waals surface area contributed by atoms with E-state index in [-0.39, 0.29) is 11.9 Å². The van der Waals surface area contributed by atoms with Gasteiger partial charge in [0, 0.05) is 11.6 Å². The van der Waals surface area contributed by atoms with Gasteiger partial charge < -0.3 is 15.0 Å². The average Bonchev–Trinajstić information content (AvgIpc) is 2.92. The van der Waals surface area contributed by atoms with Crippen LogP contribution >= 0.6 is 0 Å². The van der Waals surface area contributed by atoms with Crippen LogP contribution in [0.4, 0.5) is 0 Å². The highest BCUT2D eigenvalue weighted by molar-refractivity contribution is 5.82. The number of quaternary nitrogens is 1. The smallest absolute Gasteiger partial charge is 0.283 e. The lowest BCUT2D eigenvalue weighted by Gasteiger charge is -2.23. The van der Waals surface area contributed by atoms with E-state index in [1.807, 2.05) is 38.4 Å². The fourth-order valence-electron chi connectivity index (χ4n) is 2.90. The number of hydrogen-bond donors (Lipinski definition) is 2. The molecule has 110 valence electrons. The summed E-state index contributed by atoms with van der Waals surface area (Å²) in [7, 11) is 5.68. The Morgan fingerprint density at radius 3 is 2.35 bits per heavy atom. The van der Waals surface area contributed by atoms with Crippen LogP contribution in [0.1, 0.15) is 37.3 Å². The molecule has 1 saturated carbocycles. The van der Waals surface area contributed by atoms with Gasteiger partial charge in [0.05, 0.1) is 21.2 Å². The quantitative estimate of drug-likeness (QED) is 0.841. The number of ether oxygens (including phenoxy) is 1. The van der Waals surface area contributed by atoms with Crippen LogP contribution in [0.25, 0.3) is 0 Å². The van der Waals surface area contributed by atoms with Gasteiger partial charge >= 0.3 is 0 Å². The molecule has 1 aliphatic rings. The van der Waals surface area contributed by atoms with Crippen LogP contribution in [0.5, 0.6) is 5.75 Å². The van der Waals surface area contributed by atoms with Gasteiger partial charge in [-0.2, -0.15) is 0 Å². The molecule has 1 unspecified atom stereocenters. The first kappa shape index (κ1) is 14.9. The van der Waals surface area contributed by atoms with Gasteiger partial charge in [-0.15, -0.1) is 0 Å². The minimum absolute atomic E-state index is 0.127. The lowest BCUT2D eigenvalue weighted by molar-refractivity contribution is -0.881. The monoisotopic (exact) mass is 277 g/mol. The molecule has 2 N–H and O–H groups in total. The van der Waals surface area contributed by atoms with Gasteiger partial charge in [0.1, 0.15) is 5.75 Å². The van der Waals surface area contributed by atoms with Crippen LogP contribution in [0.2, 0.25) is 0 Å². The Labute approximate surface area is 121 Å². The van der Waals surface area contributed by atoms with Crippen molar-refractivity contribution >= 4 is 5.91 Å². The molecule has 20 heavy (non-hydrogen) atoms. The molecule has 0 saturated heterocycles. The van der Waals surface area contributed by atoms with Crippen LogP contribution in [0.15, 0.2) is 24.3 Å². The molecule has 2 rings (SSSR count). The first-order valence-corrected chi connectivity index (χ1v) is 7.36. The van der Waals surface area contributed by atoms with Crippen molar-refractivity contribution in [1.82, 2.24) is 5.32 Å². The zero-order valence-corrected chi connectivity index (χ0v) is 12.6. The summed E-state index contributed by atoms with van der Waals surface area (Å²) in [6.07, 6.45) is 4.69. The molecule has 0 bridgehead atoms. The summed E-state index contributed by atoms with van der Waals surface area (Å²) in [5.41, 5.74) is 1.03. The van der Waals surface area contributed by atoms with E-state index in [2.05, 4.69) is 5.32 Å². The molecular formula is C16H25N2O2+. The molecule has 1 amide bonds. The molecular weight excluding hydrogens is 252 g/mol. The predicted molar refractivity (Wildman–Crippen MR) is 78.9 cm³/mol. The summed E-state index contributed by atoms with van der Waals surface area (Å²) >= 11 is 0. The Balaban J connectivity index is 2.10. The molecule has 1 aromatic rings. The van der Waals surface area contributed by atoms with Gasteiger partial charge in [0.2, 0.25) is 0 Å². The van der Waals surface area contributed by atoms with Gasteiger partial charge in [0.25, 0.3) is 5.91 Å². The number of rotatable bonds is 5. The van der Waals surface area contributed by atoms with Crippen molar-refractivity contribution in [3.8, 4) is 5.75 Å². The molecule has 0 radical (unpaired) electrons. The molecule has 4 heteroatoms. The second kappa shape index (κ2) is 6.75. The largest absolute Gasteiger partial charge is 0.497 e. The maximum atomic E-state index is 12.5. The van der Waals surface area contributed by atoms with Gasteiger partial charge in [-0.25, -0.2) is 0 Å². The number of hydrogen-bond acceptors (Lipinski definition) is 2. The van der Waals surface area contributed by atoms with E-state index in [9.17, 15) is 4.79 Å². The third-order valence-electron chi connectivity index (χ3n) is 3.99. The van der Waals surface area contributed by atoms with Crippen molar-refractivity contribution in [2.75, 3.05) is 21.2 Å². The highest BCUT2D eigenvalue weighted by Gasteiger charge is 2.29. The zero-order chi connectivity index (χ0) is 14.5. The van der Waals surface area contributed by atoms with Crippen molar-refractivity contribution in [3.63, 3.8) is 0 Å². The van der Waals surface area contributed by atoms with Gasteiger partial charge in [-0.05, 0) is 37.1 Å². The third-order valence-corrected chi connectivity index (χ3v) is 3.99. The molecule has 0 aliphatic heterocycles. The fourth-order valence-corrected chi connectivity index (χ4v) is 2.90. The average molecular weight is 277 g/mol. The van der Waals surface area contributed by atoms with Crippen LogP contribution in [-0.2, 0) is 4.79 Å². The Morgan fingerprint density at radius 1 is 1.25 bits per heavy atom. The van der Waals surface area contributed by atoms with E-state index in [4.69, 9.17) is 4.74 Å². The van der Waals surface area contributed by atoms with Crippen molar-refractivity contribution in [2.45, 2.75) is 37.8 Å². The normalized spacial score (nSPS) is 17.2. The molecule has 1 aromatic carbocycles. The predicted octanol–water partition coefficient (Wildman–Crippen LogP) is 0.940. The Hall–Kier alpha value is -1.55. The SMILES string of the molecule is COc1ccc(C(C(=O)NC2CCCC2)[NH+](C)C)cc1. The van der Waals surface area contributed by atoms with Crippen LogP contribution in [-0.4, -0.2) is 33.2 Å². The van der Waals surface area contributed by atoms with E-state index in [1.54, 1.807) is 7.11 Å². The van der Waals surface area contributed by atoms with Crippen molar-refractivity contribution in [3.05, 3.63) is 29.8 Å². The number of likely N-dealkylation sites (N-methyl/N-ethyl adjacent to an activating group) is 1. The number of carbonyl (C=O) groups excluding carboxylic acids is 1. The van der Waals surface area contributed by atoms with Crippen molar-refractivity contribution in [2.24, 2.45) is 0 Å². The summed E-state index contributed by atoms with van der Waals surface area (Å²) in [6.45, 7) is 0. The number of amides is 1. The molecule has 4 nitrogen and oxygen atoms in total. The maximum Gasteiger partial charge on any atom is 0.283 e. The fraction of sp³-hybridized carbons (Fsp3) is 0.562. The van der Waals surface area contributed by atoms with Crippen LogP contribution in [0.3, 0.4) is 0 Å². The second-order valence-electron chi connectivity index (χ2n) is 5.77. The van der Waals surface area contributed by atoms with E-state index in [1.165, 1.54) is 12.8 Å². The highest BCUT2D eigenvalue weighted by atomic mass is 16.5. The minimum Gasteiger partial charge on any atom is -0.497 e. The van der Waals surface area contributed by atoms with Gasteiger partial charge in [-0.3, -0.25) is 4.79 Å². The van der Waals surface area contributed by atoms with Crippen molar-refractivity contribution in [1.29, 1.82) is 0 Å². The van der Waals surface area contributed by atoms with E-state index in [0.29, 0.717) is 6.04 Å².